The van der Waals surface area contributed by atoms with Gasteiger partial charge in [-0.15, -0.1) is 0 Å². The number of aliphatic hydroxyl groups is 1. The molecular weight excluding hydrogens is 342 g/mol. The molecule has 2 aromatic carbocycles. The Kier molecular flexibility index (Phi) is 7.25. The predicted molar refractivity (Wildman–Crippen MR) is 97.2 cm³/mol. The first-order valence-corrected chi connectivity index (χ1v) is 8.42. The Morgan fingerprint density at radius 1 is 1.16 bits per heavy atom. The molecule has 134 valence electrons. The van der Waals surface area contributed by atoms with Crippen LogP contribution in [0.25, 0.3) is 0 Å². The van der Waals surface area contributed by atoms with Gasteiger partial charge in [0, 0.05) is 17.6 Å². The third-order valence-electron chi connectivity index (χ3n) is 3.74. The second-order valence-corrected chi connectivity index (χ2v) is 6.34. The van der Waals surface area contributed by atoms with Gasteiger partial charge in [-0.05, 0) is 48.7 Å². The van der Waals surface area contributed by atoms with Crippen LogP contribution in [0.4, 0.5) is 0 Å². The summed E-state index contributed by atoms with van der Waals surface area (Å²) in [6, 6.07) is 14.7. The minimum Gasteiger partial charge on any atom is -0.482 e. The van der Waals surface area contributed by atoms with Gasteiger partial charge < -0.3 is 20.3 Å². The van der Waals surface area contributed by atoms with Crippen LogP contribution in [0.1, 0.15) is 24.2 Å². The molecule has 0 aliphatic heterocycles. The maximum absolute atomic E-state index is 10.5. The largest absolute Gasteiger partial charge is 0.482 e. The molecule has 0 aromatic heterocycles. The van der Waals surface area contributed by atoms with Gasteiger partial charge in [-0.1, -0.05) is 35.9 Å². The highest BCUT2D eigenvalue weighted by molar-refractivity contribution is 6.30. The number of carboxylic acids is 1. The van der Waals surface area contributed by atoms with Crippen molar-refractivity contribution in [2.75, 3.05) is 13.2 Å². The lowest BCUT2D eigenvalue weighted by Crippen LogP contribution is -2.32. The zero-order chi connectivity index (χ0) is 18.2. The lowest BCUT2D eigenvalue weighted by molar-refractivity contribution is -0.139. The molecule has 2 unspecified atom stereocenters. The van der Waals surface area contributed by atoms with E-state index in [1.165, 1.54) is 0 Å². The highest BCUT2D eigenvalue weighted by Gasteiger charge is 2.10. The van der Waals surface area contributed by atoms with Gasteiger partial charge in [0.1, 0.15) is 5.75 Å². The van der Waals surface area contributed by atoms with Gasteiger partial charge in [0.15, 0.2) is 6.61 Å². The Morgan fingerprint density at radius 3 is 2.40 bits per heavy atom. The molecule has 0 fully saturated rings. The predicted octanol–water partition coefficient (Wildman–Crippen LogP) is 3.06. The Hall–Kier alpha value is -2.08. The second-order valence-electron chi connectivity index (χ2n) is 5.91. The summed E-state index contributed by atoms with van der Waals surface area (Å²) in [7, 11) is 0. The SMILES string of the molecule is CC(Cc1ccc(OCC(=O)O)cc1)NCC(O)c1ccc(Cl)cc1. The van der Waals surface area contributed by atoms with Crippen molar-refractivity contribution in [3.8, 4) is 5.75 Å². The van der Waals surface area contributed by atoms with E-state index in [4.69, 9.17) is 21.4 Å². The summed E-state index contributed by atoms with van der Waals surface area (Å²) in [6.07, 6.45) is 0.193. The van der Waals surface area contributed by atoms with Crippen molar-refractivity contribution in [2.45, 2.75) is 25.5 Å². The van der Waals surface area contributed by atoms with Crippen molar-refractivity contribution in [1.29, 1.82) is 0 Å². The van der Waals surface area contributed by atoms with Gasteiger partial charge >= 0.3 is 5.97 Å². The normalized spacial score (nSPS) is 13.2. The van der Waals surface area contributed by atoms with Crippen LogP contribution in [0.3, 0.4) is 0 Å². The Balaban J connectivity index is 1.78. The molecule has 5 nitrogen and oxygen atoms in total. The van der Waals surface area contributed by atoms with Crippen LogP contribution in [0.5, 0.6) is 5.75 Å². The standard InChI is InChI=1S/C19H22ClNO4/c1-13(21-11-18(22)15-4-6-16(20)7-5-15)10-14-2-8-17(9-3-14)25-12-19(23)24/h2-9,13,18,21-22H,10-12H2,1H3,(H,23,24). The molecule has 2 atom stereocenters. The second kappa shape index (κ2) is 9.42. The van der Waals surface area contributed by atoms with Crippen LogP contribution in [-0.2, 0) is 11.2 Å². The molecule has 6 heteroatoms. The molecule has 2 rings (SSSR count). The number of nitrogens with one attached hydrogen (secondary N) is 1. The monoisotopic (exact) mass is 363 g/mol. The zero-order valence-corrected chi connectivity index (χ0v) is 14.7. The first kappa shape index (κ1) is 19.2. The number of halogens is 1. The fraction of sp³-hybridized carbons (Fsp3) is 0.316. The van der Waals surface area contributed by atoms with Crippen molar-refractivity contribution in [1.82, 2.24) is 5.32 Å². The van der Waals surface area contributed by atoms with Crippen molar-refractivity contribution in [3.05, 3.63) is 64.7 Å². The minimum atomic E-state index is -0.999. The van der Waals surface area contributed by atoms with E-state index in [0.29, 0.717) is 17.3 Å². The Labute approximate surface area is 152 Å². The molecule has 0 amide bonds. The van der Waals surface area contributed by atoms with Crippen LogP contribution in [0.15, 0.2) is 48.5 Å². The summed E-state index contributed by atoms with van der Waals surface area (Å²) in [6.45, 7) is 2.14. The van der Waals surface area contributed by atoms with E-state index in [-0.39, 0.29) is 12.6 Å². The van der Waals surface area contributed by atoms with E-state index >= 15 is 0 Å². The summed E-state index contributed by atoms with van der Waals surface area (Å²) < 4.78 is 5.11. The molecule has 0 aliphatic carbocycles. The van der Waals surface area contributed by atoms with E-state index in [2.05, 4.69) is 5.32 Å². The van der Waals surface area contributed by atoms with Gasteiger partial charge in [-0.25, -0.2) is 4.79 Å². The number of benzene rings is 2. The van der Waals surface area contributed by atoms with Crippen LogP contribution in [0.2, 0.25) is 5.02 Å². The number of carboxylic acid groups (broad SMARTS) is 1. The number of carbonyl (C=O) groups is 1. The molecule has 0 aliphatic rings. The molecule has 3 N–H and O–H groups in total. The number of hydrogen-bond donors (Lipinski definition) is 3. The molecule has 0 heterocycles. The molecule has 0 radical (unpaired) electrons. The third kappa shape index (κ3) is 6.74. The highest BCUT2D eigenvalue weighted by Crippen LogP contribution is 2.17. The quantitative estimate of drug-likeness (QED) is 0.638. The number of aliphatic hydroxyl groups excluding tert-OH is 1. The van der Waals surface area contributed by atoms with E-state index < -0.39 is 12.1 Å². The van der Waals surface area contributed by atoms with Gasteiger partial charge in [0.05, 0.1) is 6.10 Å². The Morgan fingerprint density at radius 2 is 1.80 bits per heavy atom. The summed E-state index contributed by atoms with van der Waals surface area (Å²) in [5.74, 6) is -0.467. The van der Waals surface area contributed by atoms with Gasteiger partial charge in [0.25, 0.3) is 0 Å². The summed E-state index contributed by atoms with van der Waals surface area (Å²) >= 11 is 5.85. The third-order valence-corrected chi connectivity index (χ3v) is 3.99. The fourth-order valence-electron chi connectivity index (χ4n) is 2.41. The van der Waals surface area contributed by atoms with Crippen molar-refractivity contribution in [2.24, 2.45) is 0 Å². The van der Waals surface area contributed by atoms with Gasteiger partial charge in [-0.3, -0.25) is 0 Å². The molecule has 0 spiro atoms. The number of ether oxygens (including phenoxy) is 1. The first-order valence-electron chi connectivity index (χ1n) is 8.04. The molecule has 2 aromatic rings. The fourth-order valence-corrected chi connectivity index (χ4v) is 2.53. The van der Waals surface area contributed by atoms with Gasteiger partial charge in [-0.2, -0.15) is 0 Å². The van der Waals surface area contributed by atoms with E-state index in [1.807, 2.05) is 31.2 Å². The maximum atomic E-state index is 10.5. The maximum Gasteiger partial charge on any atom is 0.341 e. The van der Waals surface area contributed by atoms with Gasteiger partial charge in [0.2, 0.25) is 0 Å². The molecule has 0 saturated heterocycles. The summed E-state index contributed by atoms with van der Waals surface area (Å²) in [5.41, 5.74) is 1.92. The molecule has 0 saturated carbocycles. The molecular formula is C19H22ClNO4. The average Bonchev–Trinajstić information content (AvgIpc) is 2.59. The topological polar surface area (TPSA) is 78.8 Å². The van der Waals surface area contributed by atoms with Crippen molar-refractivity contribution in [3.63, 3.8) is 0 Å². The average molecular weight is 364 g/mol. The van der Waals surface area contributed by atoms with E-state index in [0.717, 1.165) is 17.5 Å². The van der Waals surface area contributed by atoms with Crippen LogP contribution in [0, 0.1) is 0 Å². The summed E-state index contributed by atoms with van der Waals surface area (Å²) in [5, 5.41) is 22.7. The highest BCUT2D eigenvalue weighted by atomic mass is 35.5. The lowest BCUT2D eigenvalue weighted by atomic mass is 10.1. The lowest BCUT2D eigenvalue weighted by Gasteiger charge is -2.18. The first-order chi connectivity index (χ1) is 11.9. The van der Waals surface area contributed by atoms with E-state index in [9.17, 15) is 9.90 Å². The number of hydrogen-bond acceptors (Lipinski definition) is 4. The summed E-state index contributed by atoms with van der Waals surface area (Å²) in [4.78, 5) is 10.5. The van der Waals surface area contributed by atoms with E-state index in [1.54, 1.807) is 24.3 Å². The van der Waals surface area contributed by atoms with Crippen molar-refractivity contribution >= 4 is 17.6 Å². The van der Waals surface area contributed by atoms with Crippen molar-refractivity contribution < 1.29 is 19.7 Å². The number of aliphatic carboxylic acids is 1. The Bertz CT molecular complexity index is 673. The molecule has 0 bridgehead atoms. The zero-order valence-electron chi connectivity index (χ0n) is 14.0. The minimum absolute atomic E-state index is 0.174. The number of rotatable bonds is 9. The van der Waals surface area contributed by atoms with Crippen LogP contribution < -0.4 is 10.1 Å². The smallest absolute Gasteiger partial charge is 0.341 e. The van der Waals surface area contributed by atoms with Crippen LogP contribution in [-0.4, -0.2) is 35.4 Å². The molecule has 25 heavy (non-hydrogen) atoms. The van der Waals surface area contributed by atoms with Crippen LogP contribution >= 0.6 is 11.6 Å².